The quantitative estimate of drug-likeness (QED) is 0.703. The van der Waals surface area contributed by atoms with E-state index in [-0.39, 0.29) is 17.2 Å². The Labute approximate surface area is 80.7 Å². The topological polar surface area (TPSA) is 40.5 Å². The number of aliphatic hydroxyl groups excluding tert-OH is 1. The van der Waals surface area contributed by atoms with Gasteiger partial charge in [-0.15, -0.1) is 0 Å². The van der Waals surface area contributed by atoms with Crippen molar-refractivity contribution in [3.63, 3.8) is 0 Å². The van der Waals surface area contributed by atoms with E-state index < -0.39 is 6.10 Å². The average Bonchev–Trinajstić information content (AvgIpc) is 1.82. The molecule has 78 valence electrons. The lowest BCUT2D eigenvalue weighted by Gasteiger charge is -2.33. The summed E-state index contributed by atoms with van der Waals surface area (Å²) in [5.41, 5.74) is -0.199. The zero-order valence-electron chi connectivity index (χ0n) is 9.46. The van der Waals surface area contributed by atoms with Crippen molar-refractivity contribution >= 4 is 5.91 Å². The van der Waals surface area contributed by atoms with Crippen molar-refractivity contribution < 1.29 is 9.90 Å². The molecule has 1 amide bonds. The van der Waals surface area contributed by atoms with Gasteiger partial charge >= 0.3 is 0 Å². The van der Waals surface area contributed by atoms with E-state index in [0.717, 1.165) is 0 Å². The lowest BCUT2D eigenvalue weighted by molar-refractivity contribution is -0.141. The molecule has 0 saturated carbocycles. The van der Waals surface area contributed by atoms with Crippen LogP contribution in [0, 0.1) is 11.3 Å². The molecule has 0 aliphatic heterocycles. The number of hydrogen-bond acceptors (Lipinski definition) is 2. The third-order valence-corrected chi connectivity index (χ3v) is 2.12. The number of amides is 1. The van der Waals surface area contributed by atoms with Crippen LogP contribution < -0.4 is 0 Å². The summed E-state index contributed by atoms with van der Waals surface area (Å²) in [6, 6.07) is 0. The molecule has 0 aliphatic rings. The highest BCUT2D eigenvalue weighted by atomic mass is 16.3. The van der Waals surface area contributed by atoms with E-state index in [1.54, 1.807) is 21.0 Å². The summed E-state index contributed by atoms with van der Waals surface area (Å²) in [5, 5.41) is 9.52. The second-order valence-corrected chi connectivity index (χ2v) is 4.82. The molecule has 0 aliphatic carbocycles. The van der Waals surface area contributed by atoms with Gasteiger partial charge in [0.1, 0.15) is 0 Å². The SMILES string of the molecule is CC(O)C(C(=O)N(C)C)C(C)(C)C. The largest absolute Gasteiger partial charge is 0.393 e. The van der Waals surface area contributed by atoms with E-state index in [0.29, 0.717) is 0 Å². The molecule has 0 spiro atoms. The highest BCUT2D eigenvalue weighted by Crippen LogP contribution is 2.29. The molecule has 0 aromatic carbocycles. The minimum Gasteiger partial charge on any atom is -0.393 e. The van der Waals surface area contributed by atoms with E-state index in [1.807, 2.05) is 20.8 Å². The first-order valence-electron chi connectivity index (χ1n) is 4.57. The normalized spacial score (nSPS) is 16.5. The van der Waals surface area contributed by atoms with Crippen molar-refractivity contribution in [2.75, 3.05) is 14.1 Å². The number of aliphatic hydroxyl groups is 1. The van der Waals surface area contributed by atoms with Gasteiger partial charge < -0.3 is 10.0 Å². The Morgan fingerprint density at radius 2 is 1.69 bits per heavy atom. The first-order valence-corrected chi connectivity index (χ1v) is 4.57. The Balaban J connectivity index is 4.73. The molecule has 13 heavy (non-hydrogen) atoms. The standard InChI is InChI=1S/C10H21NO2/c1-7(12)8(10(2,3)4)9(13)11(5)6/h7-8,12H,1-6H3. The Bertz CT molecular complexity index is 180. The van der Waals surface area contributed by atoms with Crippen molar-refractivity contribution in [2.45, 2.75) is 33.8 Å². The van der Waals surface area contributed by atoms with E-state index in [9.17, 15) is 9.90 Å². The second kappa shape index (κ2) is 4.09. The van der Waals surface area contributed by atoms with Gasteiger partial charge in [-0.25, -0.2) is 0 Å². The number of hydrogen-bond donors (Lipinski definition) is 1. The van der Waals surface area contributed by atoms with Gasteiger partial charge in [-0.05, 0) is 12.3 Å². The molecule has 0 radical (unpaired) electrons. The summed E-state index contributed by atoms with van der Waals surface area (Å²) < 4.78 is 0. The van der Waals surface area contributed by atoms with E-state index in [2.05, 4.69) is 0 Å². The summed E-state index contributed by atoms with van der Waals surface area (Å²) in [5.74, 6) is -0.343. The van der Waals surface area contributed by atoms with Crippen LogP contribution in [0.15, 0.2) is 0 Å². The minimum absolute atomic E-state index is 0.0116. The van der Waals surface area contributed by atoms with Gasteiger partial charge in [0.15, 0.2) is 0 Å². The number of rotatable bonds is 2. The first kappa shape index (κ1) is 12.4. The summed E-state index contributed by atoms with van der Waals surface area (Å²) in [6.07, 6.45) is -0.602. The van der Waals surface area contributed by atoms with Gasteiger partial charge in [-0.1, -0.05) is 20.8 Å². The highest BCUT2D eigenvalue weighted by Gasteiger charge is 2.35. The van der Waals surface area contributed by atoms with Gasteiger partial charge in [0.2, 0.25) is 5.91 Å². The minimum atomic E-state index is -0.602. The molecule has 2 unspecified atom stereocenters. The fourth-order valence-corrected chi connectivity index (χ4v) is 1.58. The maximum absolute atomic E-state index is 11.7. The Morgan fingerprint density at radius 1 is 1.31 bits per heavy atom. The van der Waals surface area contributed by atoms with Crippen LogP contribution in [0.1, 0.15) is 27.7 Å². The molecular formula is C10H21NO2. The molecule has 1 N–H and O–H groups in total. The van der Waals surface area contributed by atoms with Crippen molar-refractivity contribution in [1.82, 2.24) is 4.90 Å². The van der Waals surface area contributed by atoms with E-state index in [1.165, 1.54) is 4.90 Å². The van der Waals surface area contributed by atoms with Gasteiger partial charge in [-0.2, -0.15) is 0 Å². The highest BCUT2D eigenvalue weighted by molar-refractivity contribution is 5.79. The molecule has 0 saturated heterocycles. The number of nitrogens with zero attached hydrogens (tertiary/aromatic N) is 1. The lowest BCUT2D eigenvalue weighted by Crippen LogP contribution is -2.43. The van der Waals surface area contributed by atoms with Crippen LogP contribution in [0.3, 0.4) is 0 Å². The number of carbonyl (C=O) groups excluding carboxylic acids is 1. The summed E-state index contributed by atoms with van der Waals surface area (Å²) >= 11 is 0. The maximum atomic E-state index is 11.7. The molecule has 0 bridgehead atoms. The van der Waals surface area contributed by atoms with E-state index in [4.69, 9.17) is 0 Å². The third-order valence-electron chi connectivity index (χ3n) is 2.12. The lowest BCUT2D eigenvalue weighted by atomic mass is 9.77. The average molecular weight is 187 g/mol. The molecular weight excluding hydrogens is 166 g/mol. The van der Waals surface area contributed by atoms with Gasteiger partial charge in [0, 0.05) is 14.1 Å². The zero-order valence-corrected chi connectivity index (χ0v) is 9.46. The Hall–Kier alpha value is -0.570. The fourth-order valence-electron chi connectivity index (χ4n) is 1.58. The molecule has 2 atom stereocenters. The van der Waals surface area contributed by atoms with Crippen molar-refractivity contribution in [3.05, 3.63) is 0 Å². The van der Waals surface area contributed by atoms with Crippen LogP contribution in [0.5, 0.6) is 0 Å². The van der Waals surface area contributed by atoms with Crippen molar-refractivity contribution in [2.24, 2.45) is 11.3 Å². The smallest absolute Gasteiger partial charge is 0.228 e. The van der Waals surface area contributed by atoms with Crippen LogP contribution in [0.4, 0.5) is 0 Å². The fraction of sp³-hybridized carbons (Fsp3) is 0.900. The van der Waals surface area contributed by atoms with Crippen molar-refractivity contribution in [1.29, 1.82) is 0 Å². The molecule has 3 nitrogen and oxygen atoms in total. The molecule has 0 rings (SSSR count). The van der Waals surface area contributed by atoms with Crippen LogP contribution in [0.2, 0.25) is 0 Å². The maximum Gasteiger partial charge on any atom is 0.228 e. The Morgan fingerprint density at radius 3 is 1.77 bits per heavy atom. The van der Waals surface area contributed by atoms with Gasteiger partial charge in [-0.3, -0.25) is 4.79 Å². The zero-order chi connectivity index (χ0) is 10.8. The molecule has 0 aromatic heterocycles. The van der Waals surface area contributed by atoms with Crippen molar-refractivity contribution in [3.8, 4) is 0 Å². The first-order chi connectivity index (χ1) is 5.68. The monoisotopic (exact) mass is 187 g/mol. The molecule has 3 heteroatoms. The molecule has 0 aromatic rings. The van der Waals surface area contributed by atoms with Crippen LogP contribution in [0.25, 0.3) is 0 Å². The van der Waals surface area contributed by atoms with E-state index >= 15 is 0 Å². The van der Waals surface area contributed by atoms with Gasteiger partial charge in [0.25, 0.3) is 0 Å². The summed E-state index contributed by atoms with van der Waals surface area (Å²) in [4.78, 5) is 13.2. The predicted molar refractivity (Wildman–Crippen MR) is 53.3 cm³/mol. The van der Waals surface area contributed by atoms with Crippen LogP contribution in [-0.2, 0) is 4.79 Å². The van der Waals surface area contributed by atoms with Gasteiger partial charge in [0.05, 0.1) is 12.0 Å². The van der Waals surface area contributed by atoms with Crippen LogP contribution in [-0.4, -0.2) is 36.1 Å². The Kier molecular flexibility index (Phi) is 3.91. The summed E-state index contributed by atoms with van der Waals surface area (Å²) in [7, 11) is 3.42. The van der Waals surface area contributed by atoms with Crippen LogP contribution >= 0.6 is 0 Å². The second-order valence-electron chi connectivity index (χ2n) is 4.82. The number of carbonyl (C=O) groups is 1. The summed E-state index contributed by atoms with van der Waals surface area (Å²) in [6.45, 7) is 7.56. The third kappa shape index (κ3) is 3.35. The molecule has 0 fully saturated rings. The molecule has 0 heterocycles. The predicted octanol–water partition coefficient (Wildman–Crippen LogP) is 1.12.